The van der Waals surface area contributed by atoms with E-state index in [2.05, 4.69) is 5.10 Å². The highest BCUT2D eigenvalue weighted by Crippen LogP contribution is 2.27. The molecule has 6 heteroatoms. The normalized spacial score (nSPS) is 19.9. The van der Waals surface area contributed by atoms with Gasteiger partial charge in [-0.2, -0.15) is 5.10 Å². The van der Waals surface area contributed by atoms with Gasteiger partial charge in [0.2, 0.25) is 5.91 Å². The van der Waals surface area contributed by atoms with E-state index in [-0.39, 0.29) is 11.8 Å². The predicted octanol–water partition coefficient (Wildman–Crippen LogP) is 1.59. The molecule has 0 unspecified atom stereocenters. The molecular weight excluding hydrogens is 292 g/mol. The van der Waals surface area contributed by atoms with E-state index in [1.807, 2.05) is 23.8 Å². The third-order valence-electron chi connectivity index (χ3n) is 5.26. The van der Waals surface area contributed by atoms with E-state index in [0.717, 1.165) is 31.5 Å². The van der Waals surface area contributed by atoms with E-state index in [0.29, 0.717) is 31.1 Å². The van der Waals surface area contributed by atoms with Crippen molar-refractivity contribution in [3.63, 3.8) is 0 Å². The lowest BCUT2D eigenvalue weighted by molar-refractivity contribution is -0.135. The van der Waals surface area contributed by atoms with Gasteiger partial charge in [-0.15, -0.1) is 0 Å². The Labute approximate surface area is 137 Å². The second-order valence-electron chi connectivity index (χ2n) is 6.72. The van der Waals surface area contributed by atoms with Crippen molar-refractivity contribution in [2.75, 3.05) is 26.2 Å². The van der Waals surface area contributed by atoms with Crippen molar-refractivity contribution in [3.8, 4) is 0 Å². The Kier molecular flexibility index (Phi) is 4.68. The molecule has 1 aromatic heterocycles. The Morgan fingerprint density at radius 1 is 1.04 bits per heavy atom. The van der Waals surface area contributed by atoms with E-state index in [1.54, 1.807) is 10.9 Å². The van der Waals surface area contributed by atoms with Crippen LogP contribution in [0.2, 0.25) is 0 Å². The summed E-state index contributed by atoms with van der Waals surface area (Å²) >= 11 is 0. The van der Waals surface area contributed by atoms with Crippen molar-refractivity contribution in [2.45, 2.75) is 39.0 Å². The zero-order valence-electron chi connectivity index (χ0n) is 14.1. The maximum absolute atomic E-state index is 12.7. The fraction of sp³-hybridized carbons (Fsp3) is 0.706. The highest BCUT2D eigenvalue weighted by atomic mass is 16.2. The number of carbonyl (C=O) groups is 2. The van der Waals surface area contributed by atoms with E-state index < -0.39 is 0 Å². The molecule has 0 radical (unpaired) electrons. The Morgan fingerprint density at radius 3 is 2.35 bits per heavy atom. The van der Waals surface area contributed by atoms with E-state index >= 15 is 0 Å². The van der Waals surface area contributed by atoms with Crippen LogP contribution in [-0.2, 0) is 11.8 Å². The Morgan fingerprint density at radius 2 is 1.70 bits per heavy atom. The lowest BCUT2D eigenvalue weighted by Gasteiger charge is -2.24. The molecular formula is C17H26N4O2. The number of aryl methyl sites for hydroxylation is 1. The summed E-state index contributed by atoms with van der Waals surface area (Å²) in [5, 5.41) is 4.16. The molecule has 126 valence electrons. The zero-order chi connectivity index (χ0) is 16.4. The third kappa shape index (κ3) is 3.26. The van der Waals surface area contributed by atoms with Gasteiger partial charge in [-0.3, -0.25) is 14.3 Å². The molecule has 2 aliphatic rings. The second kappa shape index (κ2) is 6.72. The first-order valence-electron chi connectivity index (χ1n) is 8.64. The molecule has 0 aromatic carbocycles. The summed E-state index contributed by atoms with van der Waals surface area (Å²) in [6.45, 7) is 4.66. The summed E-state index contributed by atoms with van der Waals surface area (Å²) in [5.74, 6) is 0.554. The lowest BCUT2D eigenvalue weighted by Crippen LogP contribution is -2.39. The molecule has 1 saturated heterocycles. The van der Waals surface area contributed by atoms with Gasteiger partial charge < -0.3 is 9.80 Å². The minimum atomic E-state index is 0.0331. The van der Waals surface area contributed by atoms with Crippen LogP contribution >= 0.6 is 0 Å². The van der Waals surface area contributed by atoms with Gasteiger partial charge >= 0.3 is 0 Å². The molecule has 3 rings (SSSR count). The SMILES string of the molecule is Cc1c(C(=O)N2CCCN(C(=O)C3CCCC3)CC2)cnn1C. The van der Waals surface area contributed by atoms with E-state index in [4.69, 9.17) is 0 Å². The first-order valence-corrected chi connectivity index (χ1v) is 8.64. The van der Waals surface area contributed by atoms with Gasteiger partial charge in [-0.25, -0.2) is 0 Å². The minimum Gasteiger partial charge on any atom is -0.341 e. The van der Waals surface area contributed by atoms with Crippen molar-refractivity contribution in [3.05, 3.63) is 17.5 Å². The van der Waals surface area contributed by atoms with Gasteiger partial charge in [-0.1, -0.05) is 12.8 Å². The Balaban J connectivity index is 1.63. The number of amides is 2. The van der Waals surface area contributed by atoms with E-state index in [9.17, 15) is 9.59 Å². The Bertz CT molecular complexity index is 589. The van der Waals surface area contributed by atoms with Crippen LogP contribution in [0, 0.1) is 12.8 Å². The van der Waals surface area contributed by atoms with Crippen molar-refractivity contribution >= 4 is 11.8 Å². The summed E-state index contributed by atoms with van der Waals surface area (Å²) < 4.78 is 1.72. The zero-order valence-corrected chi connectivity index (χ0v) is 14.1. The van der Waals surface area contributed by atoms with Crippen molar-refractivity contribution in [1.82, 2.24) is 19.6 Å². The second-order valence-corrected chi connectivity index (χ2v) is 6.72. The largest absolute Gasteiger partial charge is 0.341 e. The van der Waals surface area contributed by atoms with Gasteiger partial charge in [0.1, 0.15) is 0 Å². The highest BCUT2D eigenvalue weighted by Gasteiger charge is 2.29. The molecule has 0 N–H and O–H groups in total. The number of carbonyl (C=O) groups excluding carboxylic acids is 2. The van der Waals surface area contributed by atoms with Crippen LogP contribution in [0.15, 0.2) is 6.20 Å². The average molecular weight is 318 g/mol. The summed E-state index contributed by atoms with van der Waals surface area (Å²) in [7, 11) is 1.84. The van der Waals surface area contributed by atoms with Crippen molar-refractivity contribution in [2.24, 2.45) is 13.0 Å². The molecule has 0 bridgehead atoms. The van der Waals surface area contributed by atoms with Crippen LogP contribution in [0.4, 0.5) is 0 Å². The maximum Gasteiger partial charge on any atom is 0.257 e. The van der Waals surface area contributed by atoms with Gasteiger partial charge in [0.05, 0.1) is 11.8 Å². The van der Waals surface area contributed by atoms with Crippen LogP contribution in [0.3, 0.4) is 0 Å². The molecule has 23 heavy (non-hydrogen) atoms. The highest BCUT2D eigenvalue weighted by molar-refractivity contribution is 5.95. The summed E-state index contributed by atoms with van der Waals surface area (Å²) in [4.78, 5) is 29.1. The minimum absolute atomic E-state index is 0.0331. The number of nitrogens with zero attached hydrogens (tertiary/aromatic N) is 4. The van der Waals surface area contributed by atoms with Crippen LogP contribution in [0.25, 0.3) is 0 Å². The molecule has 2 fully saturated rings. The molecule has 1 aliphatic carbocycles. The molecule has 6 nitrogen and oxygen atoms in total. The topological polar surface area (TPSA) is 58.4 Å². The third-order valence-corrected chi connectivity index (χ3v) is 5.26. The molecule has 1 aliphatic heterocycles. The van der Waals surface area contributed by atoms with Crippen LogP contribution in [0.5, 0.6) is 0 Å². The molecule has 2 heterocycles. The Hall–Kier alpha value is -1.85. The number of rotatable bonds is 2. The molecule has 2 amide bonds. The maximum atomic E-state index is 12.7. The predicted molar refractivity (Wildman–Crippen MR) is 87.0 cm³/mol. The quantitative estimate of drug-likeness (QED) is 0.832. The van der Waals surface area contributed by atoms with Gasteiger partial charge in [0.25, 0.3) is 5.91 Å². The molecule has 0 atom stereocenters. The number of hydrogen-bond acceptors (Lipinski definition) is 3. The van der Waals surface area contributed by atoms with Crippen molar-refractivity contribution < 1.29 is 9.59 Å². The summed E-state index contributed by atoms with van der Waals surface area (Å²) in [6, 6.07) is 0. The van der Waals surface area contributed by atoms with Crippen LogP contribution < -0.4 is 0 Å². The molecule has 1 saturated carbocycles. The fourth-order valence-corrected chi connectivity index (χ4v) is 3.65. The number of hydrogen-bond donors (Lipinski definition) is 0. The fourth-order valence-electron chi connectivity index (χ4n) is 3.65. The first kappa shape index (κ1) is 16.0. The molecule has 0 spiro atoms. The van der Waals surface area contributed by atoms with Crippen molar-refractivity contribution in [1.29, 1.82) is 0 Å². The summed E-state index contributed by atoms with van der Waals surface area (Å²) in [6.07, 6.45) is 6.91. The molecule has 1 aromatic rings. The summed E-state index contributed by atoms with van der Waals surface area (Å²) in [5.41, 5.74) is 1.56. The monoisotopic (exact) mass is 318 g/mol. The lowest BCUT2D eigenvalue weighted by atomic mass is 10.1. The number of aromatic nitrogens is 2. The van der Waals surface area contributed by atoms with Crippen LogP contribution in [0.1, 0.15) is 48.2 Å². The van der Waals surface area contributed by atoms with E-state index in [1.165, 1.54) is 12.8 Å². The van der Waals surface area contributed by atoms with Crippen LogP contribution in [-0.4, -0.2) is 57.6 Å². The van der Waals surface area contributed by atoms with Gasteiger partial charge in [0.15, 0.2) is 0 Å². The van der Waals surface area contributed by atoms with Gasteiger partial charge in [-0.05, 0) is 26.2 Å². The average Bonchev–Trinajstić information content (AvgIpc) is 3.11. The first-order chi connectivity index (χ1) is 11.1. The standard InChI is InChI=1S/C17H26N4O2/c1-13-15(12-18-19(13)2)17(23)21-9-5-8-20(10-11-21)16(22)14-6-3-4-7-14/h12,14H,3-11H2,1-2H3. The van der Waals surface area contributed by atoms with Gasteiger partial charge in [0, 0.05) is 44.8 Å². The smallest absolute Gasteiger partial charge is 0.257 e.